The second kappa shape index (κ2) is 6.49. The molecular formula is C17H26N2OS. The van der Waals surface area contributed by atoms with Crippen LogP contribution < -0.4 is 0 Å². The van der Waals surface area contributed by atoms with Crippen LogP contribution >= 0.6 is 11.3 Å². The van der Waals surface area contributed by atoms with E-state index in [4.69, 9.17) is 0 Å². The fraction of sp³-hybridized carbons (Fsp3) is 0.706. The monoisotopic (exact) mass is 306 g/mol. The summed E-state index contributed by atoms with van der Waals surface area (Å²) >= 11 is 1.75. The fourth-order valence-corrected chi connectivity index (χ4v) is 4.65. The Labute approximate surface area is 131 Å². The van der Waals surface area contributed by atoms with Gasteiger partial charge in [0, 0.05) is 31.1 Å². The highest BCUT2D eigenvalue weighted by molar-refractivity contribution is 7.14. The predicted octanol–water partition coefficient (Wildman–Crippen LogP) is 3.04. The molecule has 1 aliphatic carbocycles. The van der Waals surface area contributed by atoms with Crippen LogP contribution in [0.15, 0.2) is 6.07 Å². The molecule has 1 amide bonds. The molecule has 4 heteroatoms. The molecule has 1 fully saturated rings. The van der Waals surface area contributed by atoms with Crippen molar-refractivity contribution in [3.63, 3.8) is 0 Å². The zero-order valence-corrected chi connectivity index (χ0v) is 14.0. The summed E-state index contributed by atoms with van der Waals surface area (Å²) < 4.78 is 0. The van der Waals surface area contributed by atoms with E-state index in [0.29, 0.717) is 0 Å². The molecule has 0 N–H and O–H groups in total. The van der Waals surface area contributed by atoms with Crippen LogP contribution in [0.25, 0.3) is 0 Å². The van der Waals surface area contributed by atoms with Crippen LogP contribution in [0.3, 0.4) is 0 Å². The largest absolute Gasteiger partial charge is 0.335 e. The topological polar surface area (TPSA) is 23.6 Å². The van der Waals surface area contributed by atoms with Crippen LogP contribution in [0.2, 0.25) is 0 Å². The molecule has 2 heterocycles. The first kappa shape index (κ1) is 15.0. The second-order valence-electron chi connectivity index (χ2n) is 6.30. The van der Waals surface area contributed by atoms with Gasteiger partial charge in [0.2, 0.25) is 0 Å². The fourth-order valence-electron chi connectivity index (χ4n) is 3.48. The van der Waals surface area contributed by atoms with Crippen molar-refractivity contribution in [2.24, 2.45) is 5.92 Å². The Morgan fingerprint density at radius 2 is 2.05 bits per heavy atom. The Hall–Kier alpha value is -0.870. The number of thiophene rings is 1. The summed E-state index contributed by atoms with van der Waals surface area (Å²) in [5.41, 5.74) is 1.45. The quantitative estimate of drug-likeness (QED) is 0.857. The zero-order valence-electron chi connectivity index (χ0n) is 13.2. The average Bonchev–Trinajstić information content (AvgIpc) is 2.97. The normalized spacial score (nSPS) is 23.1. The average molecular weight is 306 g/mol. The number of amides is 1. The lowest BCUT2D eigenvalue weighted by atomic mass is 9.87. The van der Waals surface area contributed by atoms with E-state index in [0.717, 1.165) is 43.5 Å². The number of piperazine rings is 1. The Balaban J connectivity index is 1.67. The van der Waals surface area contributed by atoms with Gasteiger partial charge < -0.3 is 9.80 Å². The zero-order chi connectivity index (χ0) is 14.8. The molecule has 0 unspecified atom stereocenters. The first-order chi connectivity index (χ1) is 10.2. The molecule has 1 aromatic heterocycles. The molecule has 3 rings (SSSR count). The maximum absolute atomic E-state index is 12.7. The van der Waals surface area contributed by atoms with Gasteiger partial charge in [0.15, 0.2) is 0 Å². The highest BCUT2D eigenvalue weighted by Gasteiger charge is 2.26. The van der Waals surface area contributed by atoms with E-state index < -0.39 is 0 Å². The van der Waals surface area contributed by atoms with E-state index in [1.807, 2.05) is 4.90 Å². The van der Waals surface area contributed by atoms with E-state index in [-0.39, 0.29) is 5.91 Å². The molecule has 21 heavy (non-hydrogen) atoms. The van der Waals surface area contributed by atoms with E-state index in [1.54, 1.807) is 11.3 Å². The van der Waals surface area contributed by atoms with E-state index in [2.05, 4.69) is 24.8 Å². The molecule has 0 bridgehead atoms. The minimum absolute atomic E-state index is 0.262. The first-order valence-corrected chi connectivity index (χ1v) is 9.16. The standard InChI is InChI=1S/C17H26N2OS/c1-3-13-5-6-15-14(11-13)12-16(21-15)17(20)19-9-7-18(4-2)8-10-19/h12-13H,3-11H2,1-2H3/t13-/m1/s1. The number of hydrogen-bond donors (Lipinski definition) is 0. The van der Waals surface area contributed by atoms with Crippen LogP contribution in [0, 0.1) is 5.92 Å². The number of carbonyl (C=O) groups excluding carboxylic acids is 1. The molecule has 0 spiro atoms. The van der Waals surface area contributed by atoms with E-state index in [9.17, 15) is 4.79 Å². The summed E-state index contributed by atoms with van der Waals surface area (Å²) in [5, 5.41) is 0. The summed E-state index contributed by atoms with van der Waals surface area (Å²) in [7, 11) is 0. The molecule has 3 nitrogen and oxygen atoms in total. The number of aryl methyl sites for hydroxylation is 1. The van der Waals surface area contributed by atoms with Gasteiger partial charge >= 0.3 is 0 Å². The smallest absolute Gasteiger partial charge is 0.264 e. The van der Waals surface area contributed by atoms with Gasteiger partial charge in [0.25, 0.3) is 5.91 Å². The molecule has 1 aromatic rings. The molecule has 2 aliphatic rings. The van der Waals surface area contributed by atoms with Gasteiger partial charge in [-0.2, -0.15) is 0 Å². The lowest BCUT2D eigenvalue weighted by molar-refractivity contribution is 0.0648. The maximum atomic E-state index is 12.7. The van der Waals surface area contributed by atoms with E-state index >= 15 is 0 Å². The summed E-state index contributed by atoms with van der Waals surface area (Å²) in [6.07, 6.45) is 4.92. The number of likely N-dealkylation sites (N-methyl/N-ethyl adjacent to an activating group) is 1. The van der Waals surface area contributed by atoms with Gasteiger partial charge in [0.1, 0.15) is 0 Å². The maximum Gasteiger partial charge on any atom is 0.264 e. The van der Waals surface area contributed by atoms with Gasteiger partial charge in [0.05, 0.1) is 4.88 Å². The van der Waals surface area contributed by atoms with Gasteiger partial charge in [-0.25, -0.2) is 0 Å². The lowest BCUT2D eigenvalue weighted by Crippen LogP contribution is -2.48. The van der Waals surface area contributed by atoms with Crippen molar-refractivity contribution >= 4 is 17.2 Å². The third-order valence-corrected chi connectivity index (χ3v) is 6.30. The van der Waals surface area contributed by atoms with Gasteiger partial charge in [-0.1, -0.05) is 20.3 Å². The second-order valence-corrected chi connectivity index (χ2v) is 7.44. The van der Waals surface area contributed by atoms with Crippen molar-refractivity contribution in [2.45, 2.75) is 39.5 Å². The Bertz CT molecular complexity index is 503. The van der Waals surface area contributed by atoms with Crippen molar-refractivity contribution in [2.75, 3.05) is 32.7 Å². The van der Waals surface area contributed by atoms with Gasteiger partial charge in [-0.05, 0) is 43.4 Å². The molecule has 0 saturated carbocycles. The lowest BCUT2D eigenvalue weighted by Gasteiger charge is -2.33. The molecule has 116 valence electrons. The minimum Gasteiger partial charge on any atom is -0.335 e. The number of rotatable bonds is 3. The van der Waals surface area contributed by atoms with Crippen molar-refractivity contribution in [3.05, 3.63) is 21.4 Å². The third kappa shape index (κ3) is 3.16. The van der Waals surface area contributed by atoms with E-state index in [1.165, 1.54) is 36.1 Å². The number of nitrogens with zero attached hydrogens (tertiary/aromatic N) is 2. The van der Waals surface area contributed by atoms with Crippen molar-refractivity contribution in [1.29, 1.82) is 0 Å². The highest BCUT2D eigenvalue weighted by Crippen LogP contribution is 2.34. The number of fused-ring (bicyclic) bond motifs is 1. The van der Waals surface area contributed by atoms with Crippen LogP contribution in [0.5, 0.6) is 0 Å². The van der Waals surface area contributed by atoms with Crippen LogP contribution in [0.4, 0.5) is 0 Å². The van der Waals surface area contributed by atoms with Gasteiger partial charge in [-0.3, -0.25) is 4.79 Å². The molecule has 0 aromatic carbocycles. The summed E-state index contributed by atoms with van der Waals surface area (Å²) in [6.45, 7) is 9.36. The van der Waals surface area contributed by atoms with Crippen LogP contribution in [0.1, 0.15) is 46.8 Å². The SMILES string of the molecule is CC[C@@H]1CCc2sc(C(=O)N3CCN(CC)CC3)cc2C1. The predicted molar refractivity (Wildman–Crippen MR) is 88.1 cm³/mol. The number of hydrogen-bond acceptors (Lipinski definition) is 3. The Morgan fingerprint density at radius 3 is 2.71 bits per heavy atom. The molecule has 1 aliphatic heterocycles. The summed E-state index contributed by atoms with van der Waals surface area (Å²) in [6, 6.07) is 2.19. The summed E-state index contributed by atoms with van der Waals surface area (Å²) in [5.74, 6) is 1.08. The third-order valence-electron chi connectivity index (χ3n) is 5.08. The summed E-state index contributed by atoms with van der Waals surface area (Å²) in [4.78, 5) is 19.6. The Morgan fingerprint density at radius 1 is 1.29 bits per heavy atom. The van der Waals surface area contributed by atoms with Gasteiger partial charge in [-0.15, -0.1) is 11.3 Å². The first-order valence-electron chi connectivity index (χ1n) is 8.34. The minimum atomic E-state index is 0.262. The molecule has 1 atom stereocenters. The number of carbonyl (C=O) groups is 1. The highest BCUT2D eigenvalue weighted by atomic mass is 32.1. The van der Waals surface area contributed by atoms with Crippen molar-refractivity contribution in [1.82, 2.24) is 9.80 Å². The molecular weight excluding hydrogens is 280 g/mol. The van der Waals surface area contributed by atoms with Crippen molar-refractivity contribution < 1.29 is 4.79 Å². The molecule has 1 saturated heterocycles. The Kier molecular flexibility index (Phi) is 4.65. The van der Waals surface area contributed by atoms with Crippen LogP contribution in [-0.4, -0.2) is 48.4 Å². The molecule has 0 radical (unpaired) electrons. The van der Waals surface area contributed by atoms with Crippen LogP contribution in [-0.2, 0) is 12.8 Å². The van der Waals surface area contributed by atoms with Crippen molar-refractivity contribution in [3.8, 4) is 0 Å².